The normalized spacial score (nSPS) is 17.4. The molecule has 0 aliphatic carbocycles. The molecule has 1 atom stereocenters. The minimum absolute atomic E-state index is 0.0803. The molecule has 6 nitrogen and oxygen atoms in total. The fourth-order valence-electron chi connectivity index (χ4n) is 3.25. The first kappa shape index (κ1) is 19.5. The van der Waals surface area contributed by atoms with Crippen LogP contribution in [0.5, 0.6) is 0 Å². The van der Waals surface area contributed by atoms with Gasteiger partial charge in [0, 0.05) is 24.7 Å². The summed E-state index contributed by atoms with van der Waals surface area (Å²) in [6.45, 7) is 9.62. The van der Waals surface area contributed by atoms with E-state index in [1.54, 1.807) is 6.07 Å². The molecular formula is C19H31N3O3. The number of furan rings is 1. The summed E-state index contributed by atoms with van der Waals surface area (Å²) in [6, 6.07) is 1.71. The van der Waals surface area contributed by atoms with Crippen LogP contribution in [-0.4, -0.2) is 48.9 Å². The van der Waals surface area contributed by atoms with Crippen molar-refractivity contribution in [1.82, 2.24) is 15.5 Å². The number of rotatable bonds is 5. The predicted molar refractivity (Wildman–Crippen MR) is 97.4 cm³/mol. The lowest BCUT2D eigenvalue weighted by molar-refractivity contribution is -0.135. The van der Waals surface area contributed by atoms with Crippen molar-refractivity contribution in [2.24, 2.45) is 5.41 Å². The number of nitrogens with zero attached hydrogens (tertiary/aromatic N) is 1. The van der Waals surface area contributed by atoms with E-state index in [4.69, 9.17) is 4.42 Å². The summed E-state index contributed by atoms with van der Waals surface area (Å²) < 4.78 is 5.23. The highest BCUT2D eigenvalue weighted by Gasteiger charge is 2.30. The number of nitrogens with one attached hydrogen (secondary N) is 2. The second-order valence-corrected chi connectivity index (χ2v) is 8.11. The van der Waals surface area contributed by atoms with E-state index in [0.29, 0.717) is 18.8 Å². The van der Waals surface area contributed by atoms with E-state index in [0.717, 1.165) is 24.8 Å². The van der Waals surface area contributed by atoms with Crippen LogP contribution >= 0.6 is 0 Å². The Morgan fingerprint density at radius 2 is 1.96 bits per heavy atom. The van der Waals surface area contributed by atoms with Gasteiger partial charge in [-0.05, 0) is 44.7 Å². The molecule has 1 aromatic heterocycles. The molecule has 1 aliphatic rings. The number of hydrogen-bond acceptors (Lipinski definition) is 4. The molecule has 2 heterocycles. The Labute approximate surface area is 150 Å². The van der Waals surface area contributed by atoms with Gasteiger partial charge >= 0.3 is 0 Å². The highest BCUT2D eigenvalue weighted by molar-refractivity contribution is 5.93. The van der Waals surface area contributed by atoms with Crippen molar-refractivity contribution < 1.29 is 14.0 Å². The number of hydrogen-bond donors (Lipinski definition) is 2. The largest absolute Gasteiger partial charge is 0.459 e. The molecule has 1 saturated heterocycles. The number of likely N-dealkylation sites (tertiary alicyclic amines) is 1. The second kappa shape index (κ2) is 8.04. The molecule has 0 aromatic carbocycles. The molecule has 2 amide bonds. The van der Waals surface area contributed by atoms with Crippen LogP contribution in [0.3, 0.4) is 0 Å². The van der Waals surface area contributed by atoms with Crippen molar-refractivity contribution in [2.45, 2.75) is 59.0 Å². The molecule has 6 heteroatoms. The molecule has 1 aliphatic heterocycles. The third-order valence-corrected chi connectivity index (χ3v) is 4.67. The standard InChI is InChI=1S/C19H31N3O3/c1-13-8-11-25-16(13)17(23)21-14-6-9-22(10-7-14)18(24)15(20-5)12-19(2,3)4/h8,11,14-15,20H,6-7,9-10,12H2,1-5H3,(H,21,23). The average Bonchev–Trinajstić information content (AvgIpc) is 2.98. The molecule has 1 unspecified atom stereocenters. The first-order valence-corrected chi connectivity index (χ1v) is 9.02. The van der Waals surface area contributed by atoms with E-state index in [1.807, 2.05) is 18.9 Å². The van der Waals surface area contributed by atoms with Crippen molar-refractivity contribution in [3.8, 4) is 0 Å². The van der Waals surface area contributed by atoms with Gasteiger partial charge in [-0.1, -0.05) is 20.8 Å². The minimum Gasteiger partial charge on any atom is -0.459 e. The summed E-state index contributed by atoms with van der Waals surface area (Å²) in [4.78, 5) is 26.9. The van der Waals surface area contributed by atoms with Crippen molar-refractivity contribution in [3.63, 3.8) is 0 Å². The zero-order valence-electron chi connectivity index (χ0n) is 16.0. The third kappa shape index (κ3) is 5.33. The molecular weight excluding hydrogens is 318 g/mol. The highest BCUT2D eigenvalue weighted by Crippen LogP contribution is 2.22. The van der Waals surface area contributed by atoms with Crippen LogP contribution in [0.1, 0.15) is 56.2 Å². The van der Waals surface area contributed by atoms with Gasteiger partial charge in [0.15, 0.2) is 5.76 Å². The Bertz CT molecular complexity index is 595. The molecule has 0 spiro atoms. The van der Waals surface area contributed by atoms with Gasteiger partial charge in [0.25, 0.3) is 5.91 Å². The highest BCUT2D eigenvalue weighted by atomic mass is 16.3. The van der Waals surface area contributed by atoms with Gasteiger partial charge in [-0.25, -0.2) is 0 Å². The fraction of sp³-hybridized carbons (Fsp3) is 0.684. The maximum Gasteiger partial charge on any atom is 0.287 e. The van der Waals surface area contributed by atoms with Gasteiger partial charge in [-0.2, -0.15) is 0 Å². The lowest BCUT2D eigenvalue weighted by atomic mass is 9.87. The zero-order valence-corrected chi connectivity index (χ0v) is 16.0. The summed E-state index contributed by atoms with van der Waals surface area (Å²) in [6.07, 6.45) is 3.86. The van der Waals surface area contributed by atoms with E-state index in [-0.39, 0.29) is 29.3 Å². The molecule has 0 bridgehead atoms. The van der Waals surface area contributed by atoms with Crippen LogP contribution in [0.15, 0.2) is 16.7 Å². The van der Waals surface area contributed by atoms with Gasteiger partial charge in [0.1, 0.15) is 0 Å². The minimum atomic E-state index is -0.173. The van der Waals surface area contributed by atoms with Crippen LogP contribution < -0.4 is 10.6 Å². The molecule has 2 rings (SSSR count). The first-order chi connectivity index (χ1) is 11.7. The number of carbonyl (C=O) groups is 2. The third-order valence-electron chi connectivity index (χ3n) is 4.67. The van der Waals surface area contributed by atoms with Gasteiger partial charge in [-0.15, -0.1) is 0 Å². The summed E-state index contributed by atoms with van der Waals surface area (Å²) in [7, 11) is 1.84. The van der Waals surface area contributed by atoms with E-state index >= 15 is 0 Å². The summed E-state index contributed by atoms with van der Waals surface area (Å²) in [5, 5.41) is 6.17. The first-order valence-electron chi connectivity index (χ1n) is 9.02. The van der Waals surface area contributed by atoms with Crippen molar-refractivity contribution >= 4 is 11.8 Å². The molecule has 2 N–H and O–H groups in total. The summed E-state index contributed by atoms with van der Waals surface area (Å²) in [5.74, 6) is 0.358. The van der Waals surface area contributed by atoms with Crippen LogP contribution in [0.25, 0.3) is 0 Å². The monoisotopic (exact) mass is 349 g/mol. The Balaban J connectivity index is 1.85. The van der Waals surface area contributed by atoms with Crippen LogP contribution in [0.2, 0.25) is 0 Å². The average molecular weight is 349 g/mol. The smallest absolute Gasteiger partial charge is 0.287 e. The Kier molecular flexibility index (Phi) is 6.27. The number of amides is 2. The van der Waals surface area contributed by atoms with Gasteiger partial charge in [0.2, 0.25) is 5.91 Å². The molecule has 25 heavy (non-hydrogen) atoms. The number of carbonyl (C=O) groups excluding carboxylic acids is 2. The number of likely N-dealkylation sites (N-methyl/N-ethyl adjacent to an activating group) is 1. The molecule has 1 fully saturated rings. The zero-order chi connectivity index (χ0) is 18.6. The lowest BCUT2D eigenvalue weighted by Gasteiger charge is -2.35. The quantitative estimate of drug-likeness (QED) is 0.856. The molecule has 140 valence electrons. The maximum absolute atomic E-state index is 12.7. The predicted octanol–water partition coefficient (Wildman–Crippen LogP) is 2.33. The molecule has 0 radical (unpaired) electrons. The van der Waals surface area contributed by atoms with Crippen molar-refractivity contribution in [1.29, 1.82) is 0 Å². The number of piperidine rings is 1. The topological polar surface area (TPSA) is 74.6 Å². The Hall–Kier alpha value is -1.82. The lowest BCUT2D eigenvalue weighted by Crippen LogP contribution is -2.52. The number of aryl methyl sites for hydroxylation is 1. The van der Waals surface area contributed by atoms with Crippen LogP contribution in [0, 0.1) is 12.3 Å². The van der Waals surface area contributed by atoms with Crippen molar-refractivity contribution in [3.05, 3.63) is 23.7 Å². The van der Waals surface area contributed by atoms with E-state index in [2.05, 4.69) is 31.4 Å². The molecule has 0 saturated carbocycles. The van der Waals surface area contributed by atoms with E-state index in [1.165, 1.54) is 6.26 Å². The summed E-state index contributed by atoms with van der Waals surface area (Å²) in [5.41, 5.74) is 0.931. The maximum atomic E-state index is 12.7. The van der Waals surface area contributed by atoms with Gasteiger partial charge < -0.3 is 20.0 Å². The van der Waals surface area contributed by atoms with Crippen LogP contribution in [0.4, 0.5) is 0 Å². The Morgan fingerprint density at radius 1 is 1.32 bits per heavy atom. The van der Waals surface area contributed by atoms with Crippen molar-refractivity contribution in [2.75, 3.05) is 20.1 Å². The SMILES string of the molecule is CNC(CC(C)(C)C)C(=O)N1CCC(NC(=O)c2occc2C)CC1. The van der Waals surface area contributed by atoms with Crippen LogP contribution in [-0.2, 0) is 4.79 Å². The van der Waals surface area contributed by atoms with E-state index in [9.17, 15) is 9.59 Å². The molecule has 1 aromatic rings. The van der Waals surface area contributed by atoms with Gasteiger partial charge in [0.05, 0.1) is 12.3 Å². The second-order valence-electron chi connectivity index (χ2n) is 8.11. The van der Waals surface area contributed by atoms with E-state index < -0.39 is 0 Å². The Morgan fingerprint density at radius 3 is 2.44 bits per heavy atom. The fourth-order valence-corrected chi connectivity index (χ4v) is 3.25. The summed E-state index contributed by atoms with van der Waals surface area (Å²) >= 11 is 0. The van der Waals surface area contributed by atoms with Gasteiger partial charge in [-0.3, -0.25) is 9.59 Å².